The van der Waals surface area contributed by atoms with Crippen molar-refractivity contribution in [3.63, 3.8) is 0 Å². The average Bonchev–Trinajstić information content (AvgIpc) is 2.60. The lowest BCUT2D eigenvalue weighted by Crippen LogP contribution is -2.18. The number of hydrogen-bond donors (Lipinski definition) is 1. The molecule has 0 bridgehead atoms. The van der Waals surface area contributed by atoms with Crippen LogP contribution in [0.2, 0.25) is 0 Å². The van der Waals surface area contributed by atoms with E-state index in [-0.39, 0.29) is 11.4 Å². The summed E-state index contributed by atoms with van der Waals surface area (Å²) in [5.41, 5.74) is 0.754. The first kappa shape index (κ1) is 20.9. The summed E-state index contributed by atoms with van der Waals surface area (Å²) in [4.78, 5) is 16.5. The first-order valence-electron chi connectivity index (χ1n) is 7.57. The normalized spacial score (nSPS) is 11.5. The highest BCUT2D eigenvalue weighted by atomic mass is 19.4. The average molecular weight is 404 g/mol. The van der Waals surface area contributed by atoms with Gasteiger partial charge in [-0.25, -0.2) is 0 Å². The molecule has 6 nitrogen and oxygen atoms in total. The van der Waals surface area contributed by atoms with E-state index in [1.54, 1.807) is 0 Å². The first-order valence-corrected chi connectivity index (χ1v) is 7.57. The fraction of sp³-hybridized carbons (Fsp3) is 0.176. The van der Waals surface area contributed by atoms with Gasteiger partial charge < -0.3 is 19.6 Å². The Morgan fingerprint density at radius 3 is 2.21 bits per heavy atom. The van der Waals surface area contributed by atoms with E-state index in [9.17, 15) is 26.7 Å². The number of oxime groups is 1. The Kier molecular flexibility index (Phi) is 7.13. The molecular formula is C17H13F5N2O4. The van der Waals surface area contributed by atoms with E-state index >= 15 is 0 Å². The number of rotatable bonds is 8. The summed E-state index contributed by atoms with van der Waals surface area (Å²) in [6.45, 7) is -3.38. The molecule has 0 saturated carbocycles. The fourth-order valence-electron chi connectivity index (χ4n) is 1.87. The fourth-order valence-corrected chi connectivity index (χ4v) is 1.87. The number of nitrogens with zero attached hydrogens (tertiary/aromatic N) is 1. The maximum absolute atomic E-state index is 12.1. The molecule has 0 heterocycles. The third kappa shape index (κ3) is 7.89. The summed E-state index contributed by atoms with van der Waals surface area (Å²) in [6.07, 6.45) is -3.55. The van der Waals surface area contributed by atoms with Crippen molar-refractivity contribution in [2.24, 2.45) is 5.16 Å². The lowest BCUT2D eigenvalue weighted by Gasteiger charge is -2.09. The number of nitrogens with one attached hydrogen (secondary N) is 1. The molecule has 0 fully saturated rings. The Balaban J connectivity index is 1.75. The summed E-state index contributed by atoms with van der Waals surface area (Å²) in [5.74, 6) is -1.03. The highest BCUT2D eigenvalue weighted by Crippen LogP contribution is 2.23. The monoisotopic (exact) mass is 404 g/mol. The molecule has 0 aliphatic carbocycles. The molecule has 1 N–H and O–H groups in total. The van der Waals surface area contributed by atoms with Crippen molar-refractivity contribution in [2.45, 2.75) is 13.0 Å². The molecule has 0 atom stereocenters. The zero-order valence-corrected chi connectivity index (χ0v) is 14.0. The molecule has 2 aromatic rings. The van der Waals surface area contributed by atoms with Gasteiger partial charge >= 0.3 is 13.0 Å². The quantitative estimate of drug-likeness (QED) is 0.407. The van der Waals surface area contributed by atoms with Gasteiger partial charge in [-0.05, 0) is 54.1 Å². The topological polar surface area (TPSA) is 69.2 Å². The maximum atomic E-state index is 12.1. The molecule has 0 saturated heterocycles. The van der Waals surface area contributed by atoms with Crippen molar-refractivity contribution < 1.29 is 41.1 Å². The van der Waals surface area contributed by atoms with Gasteiger partial charge in [-0.3, -0.25) is 4.79 Å². The van der Waals surface area contributed by atoms with Crippen LogP contribution in [0.5, 0.6) is 11.5 Å². The molecule has 0 aromatic heterocycles. The minimum Gasteiger partial charge on any atom is -0.435 e. The van der Waals surface area contributed by atoms with E-state index in [1.165, 1.54) is 42.6 Å². The smallest absolute Gasteiger partial charge is 0.435 e. The van der Waals surface area contributed by atoms with Crippen LogP contribution in [0, 0.1) is 0 Å². The molecule has 28 heavy (non-hydrogen) atoms. The first-order chi connectivity index (χ1) is 13.2. The highest BCUT2D eigenvalue weighted by Gasteiger charge is 2.30. The Labute approximate surface area is 155 Å². The van der Waals surface area contributed by atoms with Crippen LogP contribution in [0.3, 0.4) is 0 Å². The summed E-state index contributed by atoms with van der Waals surface area (Å²) in [7, 11) is 0. The molecule has 11 heteroatoms. The Bertz CT molecular complexity index is 793. The van der Waals surface area contributed by atoms with E-state index in [1.807, 2.05) is 0 Å². The van der Waals surface area contributed by atoms with Crippen LogP contribution in [0.25, 0.3) is 0 Å². The van der Waals surface area contributed by atoms with Crippen molar-refractivity contribution in [1.29, 1.82) is 0 Å². The zero-order chi connectivity index (χ0) is 20.6. The molecule has 2 rings (SSSR count). The summed E-state index contributed by atoms with van der Waals surface area (Å²) in [6, 6.07) is 10.1. The van der Waals surface area contributed by atoms with Gasteiger partial charge in [0, 0.05) is 5.69 Å². The Morgan fingerprint density at radius 2 is 1.64 bits per heavy atom. The number of carbonyl (C=O) groups excluding carboxylic acids is 1. The van der Waals surface area contributed by atoms with Crippen molar-refractivity contribution in [2.75, 3.05) is 11.9 Å². The van der Waals surface area contributed by atoms with Gasteiger partial charge in [0.25, 0.3) is 5.91 Å². The van der Waals surface area contributed by atoms with Crippen molar-refractivity contribution >= 4 is 17.8 Å². The predicted molar refractivity (Wildman–Crippen MR) is 88.4 cm³/mol. The number of amides is 1. The Hall–Kier alpha value is -3.37. The van der Waals surface area contributed by atoms with E-state index in [0.717, 1.165) is 12.1 Å². The number of carbonyl (C=O) groups is 1. The van der Waals surface area contributed by atoms with Crippen LogP contribution >= 0.6 is 0 Å². The standard InChI is InChI=1S/C17H13F5N2O4/c18-16(19)27-13-5-1-11(2-6-13)9-23-26-10-15(25)24-12-3-7-14(8-4-12)28-17(20,21)22/h1-9,16H,10H2,(H,24,25)/b23-9+. The van der Waals surface area contributed by atoms with Gasteiger partial charge in [0.2, 0.25) is 0 Å². The number of ether oxygens (including phenoxy) is 2. The molecule has 150 valence electrons. The summed E-state index contributed by atoms with van der Waals surface area (Å²) >= 11 is 0. The predicted octanol–water partition coefficient (Wildman–Crippen LogP) is 4.18. The van der Waals surface area contributed by atoms with Gasteiger partial charge in [0.1, 0.15) is 11.5 Å². The Morgan fingerprint density at radius 1 is 1.04 bits per heavy atom. The molecular weight excluding hydrogens is 391 g/mol. The number of hydrogen-bond acceptors (Lipinski definition) is 5. The number of benzene rings is 2. The number of alkyl halides is 5. The van der Waals surface area contributed by atoms with Crippen LogP contribution < -0.4 is 14.8 Å². The van der Waals surface area contributed by atoms with Crippen LogP contribution in [-0.4, -0.2) is 31.7 Å². The number of anilines is 1. The molecule has 0 aliphatic rings. The highest BCUT2D eigenvalue weighted by molar-refractivity contribution is 5.91. The van der Waals surface area contributed by atoms with E-state index in [0.29, 0.717) is 5.56 Å². The third-order valence-electron chi connectivity index (χ3n) is 2.95. The van der Waals surface area contributed by atoms with Gasteiger partial charge in [-0.1, -0.05) is 5.16 Å². The zero-order valence-electron chi connectivity index (χ0n) is 14.0. The maximum Gasteiger partial charge on any atom is 0.573 e. The molecule has 0 aliphatic heterocycles. The van der Waals surface area contributed by atoms with Crippen LogP contribution in [0.4, 0.5) is 27.6 Å². The second-order valence-electron chi connectivity index (χ2n) is 5.08. The van der Waals surface area contributed by atoms with Crippen molar-refractivity contribution in [1.82, 2.24) is 0 Å². The molecule has 0 spiro atoms. The van der Waals surface area contributed by atoms with Crippen molar-refractivity contribution in [3.8, 4) is 11.5 Å². The lowest BCUT2D eigenvalue weighted by molar-refractivity contribution is -0.274. The van der Waals surface area contributed by atoms with Crippen LogP contribution in [-0.2, 0) is 9.63 Å². The van der Waals surface area contributed by atoms with E-state index in [2.05, 4.69) is 19.9 Å². The summed E-state index contributed by atoms with van der Waals surface area (Å²) < 4.78 is 68.1. The molecule has 1 amide bonds. The SMILES string of the molecule is O=C(CO/N=C/c1ccc(OC(F)F)cc1)Nc1ccc(OC(F)(F)F)cc1. The second kappa shape index (κ2) is 9.53. The van der Waals surface area contributed by atoms with Gasteiger partial charge in [-0.2, -0.15) is 8.78 Å². The van der Waals surface area contributed by atoms with Gasteiger partial charge in [-0.15, -0.1) is 13.2 Å². The van der Waals surface area contributed by atoms with Crippen molar-refractivity contribution in [3.05, 3.63) is 54.1 Å². The van der Waals surface area contributed by atoms with Crippen LogP contribution in [0.1, 0.15) is 5.56 Å². The number of halogens is 5. The third-order valence-corrected chi connectivity index (χ3v) is 2.95. The van der Waals surface area contributed by atoms with Crippen LogP contribution in [0.15, 0.2) is 53.7 Å². The van der Waals surface area contributed by atoms with E-state index in [4.69, 9.17) is 4.84 Å². The second-order valence-corrected chi connectivity index (χ2v) is 5.08. The molecule has 2 aromatic carbocycles. The van der Waals surface area contributed by atoms with Gasteiger partial charge in [0.05, 0.1) is 6.21 Å². The van der Waals surface area contributed by atoms with E-state index < -0.39 is 31.2 Å². The molecule has 0 unspecified atom stereocenters. The minimum atomic E-state index is -4.80. The lowest BCUT2D eigenvalue weighted by atomic mass is 10.2. The minimum absolute atomic E-state index is 0.0147. The molecule has 0 radical (unpaired) electrons. The van der Waals surface area contributed by atoms with Gasteiger partial charge in [0.15, 0.2) is 6.61 Å². The summed E-state index contributed by atoms with van der Waals surface area (Å²) in [5, 5.41) is 5.94. The largest absolute Gasteiger partial charge is 0.573 e.